The first kappa shape index (κ1) is 14.6. The van der Waals surface area contributed by atoms with E-state index in [0.717, 1.165) is 11.8 Å². The molecule has 1 aliphatic rings. The lowest BCUT2D eigenvalue weighted by molar-refractivity contribution is 0.195. The van der Waals surface area contributed by atoms with Crippen molar-refractivity contribution in [2.45, 2.75) is 65.5 Å². The molecule has 1 nitrogen and oxygen atoms in total. The van der Waals surface area contributed by atoms with E-state index < -0.39 is 0 Å². The lowest BCUT2D eigenvalue weighted by atomic mass is 9.77. The number of rotatable bonds is 4. The van der Waals surface area contributed by atoms with Crippen molar-refractivity contribution in [3.8, 4) is 0 Å². The van der Waals surface area contributed by atoms with Crippen LogP contribution in [0.3, 0.4) is 0 Å². The van der Waals surface area contributed by atoms with Gasteiger partial charge in [0.15, 0.2) is 0 Å². The van der Waals surface area contributed by atoms with Crippen LogP contribution < -0.4 is 5.32 Å². The van der Waals surface area contributed by atoms with Gasteiger partial charge >= 0.3 is 0 Å². The van der Waals surface area contributed by atoms with Gasteiger partial charge in [-0.3, -0.25) is 0 Å². The molecular weight excluding hydrogens is 230 g/mol. The summed E-state index contributed by atoms with van der Waals surface area (Å²) < 4.78 is 0. The zero-order valence-electron chi connectivity index (χ0n) is 12.9. The average Bonchev–Trinajstić information content (AvgIpc) is 2.39. The molecule has 3 atom stereocenters. The number of nitrogens with one attached hydrogen (secondary N) is 1. The predicted octanol–water partition coefficient (Wildman–Crippen LogP) is 4.86. The molecule has 1 aromatic carbocycles. The highest BCUT2D eigenvalue weighted by molar-refractivity contribution is 5.23. The summed E-state index contributed by atoms with van der Waals surface area (Å²) in [5, 5.41) is 3.89. The first-order valence-corrected chi connectivity index (χ1v) is 7.90. The number of aryl methyl sites for hydroxylation is 1. The van der Waals surface area contributed by atoms with Crippen molar-refractivity contribution in [1.82, 2.24) is 5.32 Å². The summed E-state index contributed by atoms with van der Waals surface area (Å²) in [6, 6.07) is 10.1. The first-order chi connectivity index (χ1) is 9.08. The Morgan fingerprint density at radius 3 is 2.26 bits per heavy atom. The fourth-order valence-corrected chi connectivity index (χ4v) is 3.44. The molecule has 0 saturated heterocycles. The second-order valence-corrected chi connectivity index (χ2v) is 6.60. The van der Waals surface area contributed by atoms with Gasteiger partial charge in [-0.1, -0.05) is 56.5 Å². The Morgan fingerprint density at radius 1 is 1.00 bits per heavy atom. The Hall–Kier alpha value is -0.820. The highest BCUT2D eigenvalue weighted by atomic mass is 15.0. The maximum atomic E-state index is 3.89. The van der Waals surface area contributed by atoms with Crippen LogP contribution in [0.25, 0.3) is 0 Å². The van der Waals surface area contributed by atoms with Crippen LogP contribution in [-0.4, -0.2) is 6.04 Å². The van der Waals surface area contributed by atoms with Gasteiger partial charge in [-0.2, -0.15) is 0 Å². The van der Waals surface area contributed by atoms with E-state index in [2.05, 4.69) is 57.3 Å². The van der Waals surface area contributed by atoms with Crippen LogP contribution in [0.2, 0.25) is 0 Å². The molecular formula is C18H29N. The van der Waals surface area contributed by atoms with Crippen molar-refractivity contribution in [3.63, 3.8) is 0 Å². The van der Waals surface area contributed by atoms with Gasteiger partial charge < -0.3 is 5.32 Å². The van der Waals surface area contributed by atoms with Crippen LogP contribution in [0.15, 0.2) is 24.3 Å². The van der Waals surface area contributed by atoms with Gasteiger partial charge in [-0.25, -0.2) is 0 Å². The SMILES string of the molecule is Cc1ccc([C@@H](C)NC2CCCCC2C(C)C)cc1. The Kier molecular flexibility index (Phi) is 5.04. The van der Waals surface area contributed by atoms with E-state index in [-0.39, 0.29) is 0 Å². The second-order valence-electron chi connectivity index (χ2n) is 6.60. The summed E-state index contributed by atoms with van der Waals surface area (Å²) in [6.45, 7) is 9.21. The quantitative estimate of drug-likeness (QED) is 0.814. The molecule has 1 aromatic rings. The van der Waals surface area contributed by atoms with Gasteiger partial charge in [-0.05, 0) is 44.1 Å². The molecule has 0 spiro atoms. The molecule has 0 radical (unpaired) electrons. The largest absolute Gasteiger partial charge is 0.307 e. The topological polar surface area (TPSA) is 12.0 Å². The minimum Gasteiger partial charge on any atom is -0.307 e. The molecule has 1 aliphatic carbocycles. The summed E-state index contributed by atoms with van der Waals surface area (Å²) in [5.74, 6) is 1.64. The molecule has 1 fully saturated rings. The Bertz CT molecular complexity index is 379. The molecule has 0 aromatic heterocycles. The fourth-order valence-electron chi connectivity index (χ4n) is 3.44. The molecule has 19 heavy (non-hydrogen) atoms. The Labute approximate surface area is 118 Å². The average molecular weight is 259 g/mol. The van der Waals surface area contributed by atoms with E-state index in [9.17, 15) is 0 Å². The minimum atomic E-state index is 0.463. The summed E-state index contributed by atoms with van der Waals surface area (Å²) in [4.78, 5) is 0. The maximum absolute atomic E-state index is 3.89. The van der Waals surface area contributed by atoms with Gasteiger partial charge in [0.05, 0.1) is 0 Å². The highest BCUT2D eigenvalue weighted by Crippen LogP contribution is 2.31. The van der Waals surface area contributed by atoms with Crippen LogP contribution in [-0.2, 0) is 0 Å². The van der Waals surface area contributed by atoms with E-state index in [4.69, 9.17) is 0 Å². The molecule has 106 valence electrons. The van der Waals surface area contributed by atoms with Crippen LogP contribution in [0.1, 0.15) is 63.6 Å². The third-order valence-corrected chi connectivity index (χ3v) is 4.72. The molecule has 1 saturated carbocycles. The normalized spacial score (nSPS) is 25.5. The van der Waals surface area contributed by atoms with Crippen LogP contribution in [0.5, 0.6) is 0 Å². The summed E-state index contributed by atoms with van der Waals surface area (Å²) in [7, 11) is 0. The van der Waals surface area contributed by atoms with Crippen LogP contribution in [0.4, 0.5) is 0 Å². The van der Waals surface area contributed by atoms with Crippen molar-refractivity contribution in [3.05, 3.63) is 35.4 Å². The van der Waals surface area contributed by atoms with Crippen molar-refractivity contribution in [1.29, 1.82) is 0 Å². The van der Waals surface area contributed by atoms with Gasteiger partial charge in [0.25, 0.3) is 0 Å². The number of hydrogen-bond donors (Lipinski definition) is 1. The Morgan fingerprint density at radius 2 is 1.63 bits per heavy atom. The molecule has 0 amide bonds. The zero-order valence-corrected chi connectivity index (χ0v) is 12.9. The molecule has 2 unspecified atom stereocenters. The Balaban J connectivity index is 2.00. The lowest BCUT2D eigenvalue weighted by Crippen LogP contribution is -2.42. The lowest BCUT2D eigenvalue weighted by Gasteiger charge is -2.37. The highest BCUT2D eigenvalue weighted by Gasteiger charge is 2.28. The molecule has 0 bridgehead atoms. The molecule has 0 aliphatic heterocycles. The summed E-state index contributed by atoms with van der Waals surface area (Å²) >= 11 is 0. The third-order valence-electron chi connectivity index (χ3n) is 4.72. The van der Waals surface area contributed by atoms with Crippen molar-refractivity contribution < 1.29 is 0 Å². The number of hydrogen-bond acceptors (Lipinski definition) is 1. The van der Waals surface area contributed by atoms with Crippen LogP contribution in [0, 0.1) is 18.8 Å². The monoisotopic (exact) mass is 259 g/mol. The van der Waals surface area contributed by atoms with Crippen molar-refractivity contribution in [2.24, 2.45) is 11.8 Å². The maximum Gasteiger partial charge on any atom is 0.0294 e. The zero-order chi connectivity index (χ0) is 13.8. The van der Waals surface area contributed by atoms with E-state index in [1.807, 2.05) is 0 Å². The van der Waals surface area contributed by atoms with Gasteiger partial charge in [0.2, 0.25) is 0 Å². The molecule has 2 rings (SSSR count). The first-order valence-electron chi connectivity index (χ1n) is 7.90. The van der Waals surface area contributed by atoms with Gasteiger partial charge in [-0.15, -0.1) is 0 Å². The van der Waals surface area contributed by atoms with Crippen molar-refractivity contribution >= 4 is 0 Å². The number of benzene rings is 1. The summed E-state index contributed by atoms with van der Waals surface area (Å²) in [6.07, 6.45) is 5.55. The smallest absolute Gasteiger partial charge is 0.0294 e. The fraction of sp³-hybridized carbons (Fsp3) is 0.667. The third kappa shape index (κ3) is 3.82. The predicted molar refractivity (Wildman–Crippen MR) is 83.3 cm³/mol. The van der Waals surface area contributed by atoms with Gasteiger partial charge in [0, 0.05) is 12.1 Å². The van der Waals surface area contributed by atoms with E-state index >= 15 is 0 Å². The van der Waals surface area contributed by atoms with E-state index in [1.54, 1.807) is 0 Å². The molecule has 1 N–H and O–H groups in total. The minimum absolute atomic E-state index is 0.463. The van der Waals surface area contributed by atoms with E-state index in [1.165, 1.54) is 36.8 Å². The molecule has 1 heteroatoms. The van der Waals surface area contributed by atoms with E-state index in [0.29, 0.717) is 12.1 Å². The molecule has 0 heterocycles. The van der Waals surface area contributed by atoms with Crippen molar-refractivity contribution in [2.75, 3.05) is 0 Å². The second kappa shape index (κ2) is 6.56. The summed E-state index contributed by atoms with van der Waals surface area (Å²) in [5.41, 5.74) is 2.76. The van der Waals surface area contributed by atoms with Gasteiger partial charge in [0.1, 0.15) is 0 Å². The standard InChI is InChI=1S/C18H29N/c1-13(2)17-7-5-6-8-18(17)19-15(4)16-11-9-14(3)10-12-16/h9-13,15,17-19H,5-8H2,1-4H3/t15-,17?,18?/m1/s1. The van der Waals surface area contributed by atoms with Crippen LogP contribution >= 0.6 is 0 Å².